The maximum atomic E-state index is 12.0. The molecule has 1 amide bonds. The molecule has 0 unspecified atom stereocenters. The van der Waals surface area contributed by atoms with Crippen molar-refractivity contribution in [3.63, 3.8) is 0 Å². The highest BCUT2D eigenvalue weighted by Crippen LogP contribution is 2.13. The minimum Gasteiger partial charge on any atom is -0.351 e. The first-order valence-corrected chi connectivity index (χ1v) is 7.28. The van der Waals surface area contributed by atoms with E-state index in [0.29, 0.717) is 24.7 Å². The van der Waals surface area contributed by atoms with Crippen molar-refractivity contribution in [2.24, 2.45) is 0 Å². The van der Waals surface area contributed by atoms with Crippen molar-refractivity contribution in [1.82, 2.24) is 29.9 Å². The van der Waals surface area contributed by atoms with Gasteiger partial charge >= 0.3 is 0 Å². The van der Waals surface area contributed by atoms with Gasteiger partial charge < -0.3 is 5.32 Å². The van der Waals surface area contributed by atoms with E-state index in [2.05, 4.69) is 20.5 Å². The number of aryl methyl sites for hydroxylation is 4. The van der Waals surface area contributed by atoms with Crippen LogP contribution >= 0.6 is 11.6 Å². The molecule has 0 aliphatic rings. The van der Waals surface area contributed by atoms with Crippen molar-refractivity contribution < 1.29 is 4.79 Å². The zero-order valence-electron chi connectivity index (χ0n) is 12.4. The van der Waals surface area contributed by atoms with Crippen LogP contribution in [0.5, 0.6) is 0 Å². The number of nitrogens with one attached hydrogen (secondary N) is 1. The number of aromatic nitrogens is 5. The van der Waals surface area contributed by atoms with Crippen LogP contribution in [0, 0.1) is 13.8 Å². The molecule has 1 N–H and O–H groups in total. The molecular weight excluding hydrogens is 292 g/mol. The fourth-order valence-electron chi connectivity index (χ4n) is 2.00. The molecule has 0 aliphatic carbocycles. The van der Waals surface area contributed by atoms with Gasteiger partial charge in [0.05, 0.1) is 5.02 Å². The van der Waals surface area contributed by atoms with Crippen molar-refractivity contribution in [3.8, 4) is 0 Å². The van der Waals surface area contributed by atoms with Crippen molar-refractivity contribution in [1.29, 1.82) is 0 Å². The van der Waals surface area contributed by atoms with Gasteiger partial charge in [-0.05, 0) is 27.2 Å². The Bertz CT molecular complexity index is 633. The molecule has 0 atom stereocenters. The number of carbonyl (C=O) groups excluding carboxylic acids is 1. The summed E-state index contributed by atoms with van der Waals surface area (Å²) in [6.45, 7) is 7.63. The smallest absolute Gasteiger partial charge is 0.273 e. The predicted octanol–water partition coefficient (Wildman–Crippen LogP) is 1.58. The lowest BCUT2D eigenvalue weighted by molar-refractivity contribution is 0.0947. The van der Waals surface area contributed by atoms with E-state index < -0.39 is 0 Å². The van der Waals surface area contributed by atoms with Gasteiger partial charge in [-0.25, -0.2) is 4.98 Å². The Morgan fingerprint density at radius 2 is 2.14 bits per heavy atom. The van der Waals surface area contributed by atoms with Crippen LogP contribution in [0.25, 0.3) is 0 Å². The quantitative estimate of drug-likeness (QED) is 0.822. The minimum absolute atomic E-state index is 0.251. The molecule has 0 spiro atoms. The van der Waals surface area contributed by atoms with Crippen molar-refractivity contribution in [2.45, 2.75) is 40.3 Å². The van der Waals surface area contributed by atoms with Gasteiger partial charge in [0.25, 0.3) is 5.91 Å². The average Bonchev–Trinajstić information content (AvgIpc) is 2.97. The van der Waals surface area contributed by atoms with E-state index in [0.717, 1.165) is 18.1 Å². The molecule has 0 saturated carbocycles. The molecule has 21 heavy (non-hydrogen) atoms. The Morgan fingerprint density at radius 1 is 1.38 bits per heavy atom. The molecule has 8 heteroatoms. The lowest BCUT2D eigenvalue weighted by atomic mass is 10.3. The van der Waals surface area contributed by atoms with Gasteiger partial charge in [0.1, 0.15) is 11.6 Å². The van der Waals surface area contributed by atoms with Crippen LogP contribution in [0.3, 0.4) is 0 Å². The van der Waals surface area contributed by atoms with Crippen LogP contribution in [0.1, 0.15) is 35.5 Å². The largest absolute Gasteiger partial charge is 0.351 e. The third kappa shape index (κ3) is 3.81. The third-order valence-electron chi connectivity index (χ3n) is 3.05. The normalized spacial score (nSPS) is 10.9. The standard InChI is InChI=1S/C13H19ClN6O/c1-4-19-8-11(14)12(18-19)13(21)15-6-5-7-20-10(3)16-9(2)17-20/h8H,4-7H2,1-3H3,(H,15,21). The Kier molecular flexibility index (Phi) is 4.95. The monoisotopic (exact) mass is 310 g/mol. The highest BCUT2D eigenvalue weighted by atomic mass is 35.5. The number of amides is 1. The molecule has 0 radical (unpaired) electrons. The first-order valence-electron chi connectivity index (χ1n) is 6.90. The first-order chi connectivity index (χ1) is 10.0. The second-order valence-corrected chi connectivity index (χ2v) is 5.13. The van der Waals surface area contributed by atoms with E-state index in [1.165, 1.54) is 0 Å². The van der Waals surface area contributed by atoms with Crippen molar-refractivity contribution in [3.05, 3.63) is 28.6 Å². The number of hydrogen-bond donors (Lipinski definition) is 1. The van der Waals surface area contributed by atoms with E-state index in [4.69, 9.17) is 11.6 Å². The maximum Gasteiger partial charge on any atom is 0.273 e. The van der Waals surface area contributed by atoms with Gasteiger partial charge in [-0.3, -0.25) is 14.2 Å². The highest BCUT2D eigenvalue weighted by Gasteiger charge is 2.14. The van der Waals surface area contributed by atoms with E-state index in [-0.39, 0.29) is 11.6 Å². The first kappa shape index (κ1) is 15.5. The van der Waals surface area contributed by atoms with Gasteiger partial charge in [-0.2, -0.15) is 10.2 Å². The molecule has 7 nitrogen and oxygen atoms in total. The van der Waals surface area contributed by atoms with Crippen molar-refractivity contribution >= 4 is 17.5 Å². The molecule has 2 heterocycles. The maximum absolute atomic E-state index is 12.0. The van der Waals surface area contributed by atoms with Gasteiger partial charge in [0.2, 0.25) is 0 Å². The second kappa shape index (κ2) is 6.71. The zero-order valence-corrected chi connectivity index (χ0v) is 13.2. The van der Waals surface area contributed by atoms with Crippen LogP contribution in [-0.2, 0) is 13.1 Å². The van der Waals surface area contributed by atoms with E-state index >= 15 is 0 Å². The number of carbonyl (C=O) groups is 1. The molecule has 0 fully saturated rings. The molecule has 114 valence electrons. The van der Waals surface area contributed by atoms with Crippen LogP contribution < -0.4 is 5.32 Å². The lowest BCUT2D eigenvalue weighted by Crippen LogP contribution is -2.26. The van der Waals surface area contributed by atoms with E-state index in [1.807, 2.05) is 25.5 Å². The summed E-state index contributed by atoms with van der Waals surface area (Å²) in [6, 6.07) is 0. The van der Waals surface area contributed by atoms with Gasteiger partial charge in [-0.1, -0.05) is 11.6 Å². The van der Waals surface area contributed by atoms with E-state index in [1.54, 1.807) is 10.9 Å². The lowest BCUT2D eigenvalue weighted by Gasteiger charge is -2.05. The SMILES string of the molecule is CCn1cc(Cl)c(C(=O)NCCCn2nc(C)nc2C)n1. The second-order valence-electron chi connectivity index (χ2n) is 4.72. The van der Waals surface area contributed by atoms with Crippen molar-refractivity contribution in [2.75, 3.05) is 6.54 Å². The molecule has 0 aromatic carbocycles. The molecule has 2 aromatic heterocycles. The van der Waals surface area contributed by atoms with Crippen LogP contribution in [0.2, 0.25) is 5.02 Å². The molecule has 0 bridgehead atoms. The summed E-state index contributed by atoms with van der Waals surface area (Å²) in [4.78, 5) is 16.2. The average molecular weight is 311 g/mol. The predicted molar refractivity (Wildman–Crippen MR) is 79.4 cm³/mol. The van der Waals surface area contributed by atoms with Gasteiger partial charge in [0, 0.05) is 25.8 Å². The van der Waals surface area contributed by atoms with Crippen LogP contribution in [-0.4, -0.2) is 37.0 Å². The third-order valence-corrected chi connectivity index (χ3v) is 3.33. The summed E-state index contributed by atoms with van der Waals surface area (Å²) < 4.78 is 3.47. The van der Waals surface area contributed by atoms with Crippen LogP contribution in [0.4, 0.5) is 0 Å². The number of halogens is 1. The minimum atomic E-state index is -0.251. The zero-order chi connectivity index (χ0) is 15.4. The van der Waals surface area contributed by atoms with Crippen LogP contribution in [0.15, 0.2) is 6.20 Å². The molecule has 0 aliphatic heterocycles. The van der Waals surface area contributed by atoms with Gasteiger partial charge in [0.15, 0.2) is 5.69 Å². The molecular formula is C13H19ClN6O. The summed E-state index contributed by atoms with van der Waals surface area (Å²) in [5.74, 6) is 1.38. The Labute approximate surface area is 128 Å². The Hall–Kier alpha value is -1.89. The molecule has 0 saturated heterocycles. The highest BCUT2D eigenvalue weighted by molar-refractivity contribution is 6.33. The number of nitrogens with zero attached hydrogens (tertiary/aromatic N) is 5. The molecule has 2 aromatic rings. The summed E-state index contributed by atoms with van der Waals surface area (Å²) in [7, 11) is 0. The fraction of sp³-hybridized carbons (Fsp3) is 0.538. The Morgan fingerprint density at radius 3 is 2.71 bits per heavy atom. The summed E-state index contributed by atoms with van der Waals surface area (Å²) in [5.41, 5.74) is 0.270. The topological polar surface area (TPSA) is 77.6 Å². The molecule has 2 rings (SSSR count). The number of hydrogen-bond acceptors (Lipinski definition) is 4. The Balaban J connectivity index is 1.81. The van der Waals surface area contributed by atoms with E-state index in [9.17, 15) is 4.79 Å². The number of rotatable bonds is 6. The fourth-order valence-corrected chi connectivity index (χ4v) is 2.24. The van der Waals surface area contributed by atoms with Gasteiger partial charge in [-0.15, -0.1) is 0 Å². The summed E-state index contributed by atoms with van der Waals surface area (Å²) in [6.07, 6.45) is 2.42. The summed E-state index contributed by atoms with van der Waals surface area (Å²) >= 11 is 5.98. The summed E-state index contributed by atoms with van der Waals surface area (Å²) in [5, 5.41) is 11.6.